The molecule has 0 radical (unpaired) electrons. The molecule has 3 aromatic rings. The Morgan fingerprint density at radius 3 is 2.83 bits per heavy atom. The van der Waals surface area contributed by atoms with E-state index < -0.39 is 0 Å². The highest BCUT2D eigenvalue weighted by Gasteiger charge is 2.40. The van der Waals surface area contributed by atoms with E-state index in [0.29, 0.717) is 42.1 Å². The molecule has 5 heterocycles. The molecule has 0 spiro atoms. The summed E-state index contributed by atoms with van der Waals surface area (Å²) in [6.45, 7) is 2.84. The number of nitrogens with zero attached hydrogens (tertiary/aromatic N) is 6. The third kappa shape index (κ3) is 3.66. The Balaban J connectivity index is 1.37. The molecular weight excluding hydrogens is 378 g/mol. The summed E-state index contributed by atoms with van der Waals surface area (Å²) in [5.41, 5.74) is 2.48. The summed E-state index contributed by atoms with van der Waals surface area (Å²) in [4.78, 5) is 16.4. The Morgan fingerprint density at radius 1 is 1.27 bits per heavy atom. The van der Waals surface area contributed by atoms with Gasteiger partial charge in [-0.15, -0.1) is 0 Å². The summed E-state index contributed by atoms with van der Waals surface area (Å²) >= 11 is 0. The van der Waals surface area contributed by atoms with Gasteiger partial charge in [0.2, 0.25) is 5.95 Å². The van der Waals surface area contributed by atoms with Crippen molar-refractivity contribution in [2.24, 2.45) is 0 Å². The van der Waals surface area contributed by atoms with Crippen molar-refractivity contribution in [1.29, 1.82) is 5.26 Å². The summed E-state index contributed by atoms with van der Waals surface area (Å²) in [5, 5.41) is 23.0. The summed E-state index contributed by atoms with van der Waals surface area (Å²) in [6.07, 6.45) is 6.88. The summed E-state index contributed by atoms with van der Waals surface area (Å²) < 4.78 is 0. The van der Waals surface area contributed by atoms with Crippen molar-refractivity contribution in [2.45, 2.75) is 57.2 Å². The van der Waals surface area contributed by atoms with Gasteiger partial charge in [0, 0.05) is 49.0 Å². The van der Waals surface area contributed by atoms with Gasteiger partial charge in [0.15, 0.2) is 11.6 Å². The summed E-state index contributed by atoms with van der Waals surface area (Å²) in [6, 6.07) is 9.46. The first-order chi connectivity index (χ1) is 14.7. The molecule has 0 amide bonds. The predicted molar refractivity (Wildman–Crippen MR) is 114 cm³/mol. The highest BCUT2D eigenvalue weighted by molar-refractivity contribution is 5.87. The molecule has 2 unspecified atom stereocenters. The first kappa shape index (κ1) is 18.8. The lowest BCUT2D eigenvalue weighted by molar-refractivity contribution is 0.135. The Bertz CT molecular complexity index is 1070. The highest BCUT2D eigenvalue weighted by Crippen LogP contribution is 2.36. The van der Waals surface area contributed by atoms with Crippen LogP contribution in [-0.2, 0) is 0 Å². The van der Waals surface area contributed by atoms with Gasteiger partial charge in [0.1, 0.15) is 5.52 Å². The number of H-pyrrole nitrogens is 1. The minimum Gasteiger partial charge on any atom is -0.351 e. The number of hydrogen-bond acceptors (Lipinski definition) is 8. The van der Waals surface area contributed by atoms with Crippen LogP contribution in [0.2, 0.25) is 0 Å². The number of aryl methyl sites for hydroxylation is 1. The Labute approximate surface area is 174 Å². The van der Waals surface area contributed by atoms with Crippen LogP contribution in [0.5, 0.6) is 0 Å². The van der Waals surface area contributed by atoms with Crippen LogP contribution in [-0.4, -0.2) is 54.7 Å². The zero-order valence-electron chi connectivity index (χ0n) is 17.0. The minimum atomic E-state index is 0.329. The number of piperidine rings is 1. The predicted octanol–water partition coefficient (Wildman–Crippen LogP) is 3.12. The van der Waals surface area contributed by atoms with E-state index in [1.165, 1.54) is 12.8 Å². The average molecular weight is 403 g/mol. The highest BCUT2D eigenvalue weighted by atomic mass is 15.3. The molecule has 9 nitrogen and oxygen atoms in total. The first-order valence-electron chi connectivity index (χ1n) is 10.5. The van der Waals surface area contributed by atoms with Crippen LogP contribution in [0.15, 0.2) is 24.4 Å². The molecule has 0 aliphatic carbocycles. The van der Waals surface area contributed by atoms with Gasteiger partial charge in [-0.25, -0.2) is 4.98 Å². The van der Waals surface area contributed by atoms with E-state index in [4.69, 9.17) is 15.2 Å². The third-order valence-electron chi connectivity index (χ3n) is 6.11. The Kier molecular flexibility index (Phi) is 4.93. The van der Waals surface area contributed by atoms with E-state index in [1.807, 2.05) is 25.1 Å². The van der Waals surface area contributed by atoms with Crippen LogP contribution in [0, 0.1) is 18.3 Å². The molecule has 3 aromatic heterocycles. The lowest BCUT2D eigenvalue weighted by Crippen LogP contribution is -2.47. The van der Waals surface area contributed by atoms with E-state index in [9.17, 15) is 0 Å². The molecule has 2 aliphatic rings. The van der Waals surface area contributed by atoms with Gasteiger partial charge in [-0.2, -0.15) is 15.3 Å². The topological polar surface area (TPSA) is 118 Å². The van der Waals surface area contributed by atoms with E-state index in [2.05, 4.69) is 36.8 Å². The molecule has 3 N–H and O–H groups in total. The number of anilines is 3. The molecule has 0 saturated carbocycles. The molecule has 2 aliphatic heterocycles. The SMILES string of the molecule is Cc1cc(Nc2nc(NC3CC4CCC(C3)N4CCC#N)nc3cccnc23)n[nH]1. The zero-order chi connectivity index (χ0) is 20.5. The van der Waals surface area contributed by atoms with Crippen molar-refractivity contribution >= 4 is 28.6 Å². The van der Waals surface area contributed by atoms with Gasteiger partial charge < -0.3 is 10.6 Å². The fourth-order valence-electron chi connectivity index (χ4n) is 4.84. The van der Waals surface area contributed by atoms with Crippen molar-refractivity contribution in [2.75, 3.05) is 17.2 Å². The largest absolute Gasteiger partial charge is 0.351 e. The van der Waals surface area contributed by atoms with Gasteiger partial charge in [-0.3, -0.25) is 15.0 Å². The van der Waals surface area contributed by atoms with Gasteiger partial charge in [-0.1, -0.05) is 0 Å². The van der Waals surface area contributed by atoms with Crippen LogP contribution >= 0.6 is 0 Å². The molecule has 2 bridgehead atoms. The van der Waals surface area contributed by atoms with Crippen LogP contribution < -0.4 is 10.6 Å². The van der Waals surface area contributed by atoms with Crippen molar-refractivity contribution in [1.82, 2.24) is 30.0 Å². The number of hydrogen-bond donors (Lipinski definition) is 3. The maximum Gasteiger partial charge on any atom is 0.225 e. The Hall–Kier alpha value is -3.25. The molecular formula is C21H25N9. The van der Waals surface area contributed by atoms with E-state index in [-0.39, 0.29) is 0 Å². The maximum absolute atomic E-state index is 8.93. The fraction of sp³-hybridized carbons (Fsp3) is 0.476. The van der Waals surface area contributed by atoms with E-state index in [0.717, 1.165) is 36.1 Å². The smallest absolute Gasteiger partial charge is 0.225 e. The second-order valence-electron chi connectivity index (χ2n) is 8.17. The van der Waals surface area contributed by atoms with Crippen molar-refractivity contribution in [3.05, 3.63) is 30.1 Å². The molecule has 2 fully saturated rings. The van der Waals surface area contributed by atoms with Crippen LogP contribution in [0.3, 0.4) is 0 Å². The average Bonchev–Trinajstić information content (AvgIpc) is 3.25. The number of aromatic amines is 1. The molecule has 5 rings (SSSR count). The molecule has 2 saturated heterocycles. The monoisotopic (exact) mass is 403 g/mol. The minimum absolute atomic E-state index is 0.329. The molecule has 9 heteroatoms. The fourth-order valence-corrected chi connectivity index (χ4v) is 4.84. The van der Waals surface area contributed by atoms with Crippen LogP contribution in [0.4, 0.5) is 17.6 Å². The number of pyridine rings is 1. The van der Waals surface area contributed by atoms with Crippen molar-refractivity contribution < 1.29 is 0 Å². The van der Waals surface area contributed by atoms with Crippen LogP contribution in [0.25, 0.3) is 11.0 Å². The number of fused-ring (bicyclic) bond motifs is 3. The van der Waals surface area contributed by atoms with Gasteiger partial charge in [-0.05, 0) is 44.7 Å². The lowest BCUT2D eigenvalue weighted by Gasteiger charge is -2.38. The quantitative estimate of drug-likeness (QED) is 0.574. The van der Waals surface area contributed by atoms with Crippen molar-refractivity contribution in [3.63, 3.8) is 0 Å². The summed E-state index contributed by atoms with van der Waals surface area (Å²) in [7, 11) is 0. The van der Waals surface area contributed by atoms with Gasteiger partial charge in [0.25, 0.3) is 0 Å². The molecule has 2 atom stereocenters. The number of rotatable bonds is 6. The Morgan fingerprint density at radius 2 is 2.10 bits per heavy atom. The number of aromatic nitrogens is 5. The lowest BCUT2D eigenvalue weighted by atomic mass is 9.97. The zero-order valence-corrected chi connectivity index (χ0v) is 17.0. The summed E-state index contributed by atoms with van der Waals surface area (Å²) in [5.74, 6) is 1.96. The van der Waals surface area contributed by atoms with E-state index >= 15 is 0 Å². The molecule has 30 heavy (non-hydrogen) atoms. The first-order valence-corrected chi connectivity index (χ1v) is 10.5. The van der Waals surface area contributed by atoms with Crippen LogP contribution in [0.1, 0.15) is 37.8 Å². The molecule has 0 aromatic carbocycles. The second-order valence-corrected chi connectivity index (χ2v) is 8.17. The van der Waals surface area contributed by atoms with Gasteiger partial charge >= 0.3 is 0 Å². The van der Waals surface area contributed by atoms with Gasteiger partial charge in [0.05, 0.1) is 11.6 Å². The normalized spacial score (nSPS) is 23.4. The second kappa shape index (κ2) is 7.88. The standard InChI is InChI=1S/C21H25N9/c1-13-10-18(29-28-13)26-20-19-17(4-2-8-23-19)25-21(27-20)24-14-11-15-5-6-16(12-14)30(15)9-3-7-22/h2,4,8,10,14-16H,3,5-6,9,11-12H2,1H3,(H3,24,25,26,27,28,29). The molecule has 154 valence electrons. The maximum atomic E-state index is 8.93. The number of nitrogens with one attached hydrogen (secondary N) is 3. The van der Waals surface area contributed by atoms with E-state index in [1.54, 1.807) is 6.20 Å². The number of nitriles is 1. The van der Waals surface area contributed by atoms with Crippen molar-refractivity contribution in [3.8, 4) is 6.07 Å². The third-order valence-corrected chi connectivity index (χ3v) is 6.11.